The Balaban J connectivity index is 1.83. The van der Waals surface area contributed by atoms with E-state index < -0.39 is 5.79 Å². The van der Waals surface area contributed by atoms with Crippen molar-refractivity contribution in [3.05, 3.63) is 0 Å². The van der Waals surface area contributed by atoms with E-state index in [1.165, 1.54) is 0 Å². The Morgan fingerprint density at radius 2 is 2.31 bits per heavy atom. The molecule has 0 radical (unpaired) electrons. The molecule has 0 spiro atoms. The van der Waals surface area contributed by atoms with Gasteiger partial charge in [0, 0.05) is 20.1 Å². The van der Waals surface area contributed by atoms with Gasteiger partial charge < -0.3 is 18.9 Å². The van der Waals surface area contributed by atoms with Crippen LogP contribution in [0.25, 0.3) is 0 Å². The maximum absolute atomic E-state index is 11.4. The average Bonchev–Trinajstić information content (AvgIpc) is 2.61. The highest BCUT2D eigenvalue weighted by Crippen LogP contribution is 2.42. The minimum atomic E-state index is -0.907. The summed E-state index contributed by atoms with van der Waals surface area (Å²) >= 11 is 0. The maximum Gasteiger partial charge on any atom is 0.311 e. The van der Waals surface area contributed by atoms with E-state index in [1.54, 1.807) is 7.11 Å². The van der Waals surface area contributed by atoms with Crippen LogP contribution in [0.5, 0.6) is 0 Å². The van der Waals surface area contributed by atoms with Gasteiger partial charge in [0.2, 0.25) is 5.79 Å². The molecule has 3 aliphatic rings. The fourth-order valence-electron chi connectivity index (χ4n) is 2.84. The first-order chi connectivity index (χ1) is 7.73. The van der Waals surface area contributed by atoms with Crippen LogP contribution >= 0.6 is 0 Å². The van der Waals surface area contributed by atoms with E-state index >= 15 is 0 Å². The number of carbonyl (C=O) groups is 1. The number of carbonyl (C=O) groups excluding carboxylic acids is 1. The molecular formula is C11H16O5. The van der Waals surface area contributed by atoms with Gasteiger partial charge in [-0.3, -0.25) is 4.79 Å². The molecule has 0 bridgehead atoms. The first-order valence-electron chi connectivity index (χ1n) is 5.77. The summed E-state index contributed by atoms with van der Waals surface area (Å²) in [5.74, 6) is -1.15. The molecule has 0 saturated carbocycles. The highest BCUT2D eigenvalue weighted by atomic mass is 16.7. The van der Waals surface area contributed by atoms with Crippen LogP contribution in [0.15, 0.2) is 0 Å². The molecule has 3 fully saturated rings. The molecule has 90 valence electrons. The van der Waals surface area contributed by atoms with Crippen molar-refractivity contribution in [3.63, 3.8) is 0 Å². The quantitative estimate of drug-likeness (QED) is 0.615. The summed E-state index contributed by atoms with van der Waals surface area (Å²) in [6.07, 6.45) is 2.71. The lowest BCUT2D eigenvalue weighted by Gasteiger charge is -2.45. The Kier molecular flexibility index (Phi) is 2.42. The third-order valence-corrected chi connectivity index (χ3v) is 3.68. The molecular weight excluding hydrogens is 212 g/mol. The summed E-state index contributed by atoms with van der Waals surface area (Å²) < 4.78 is 22.2. The topological polar surface area (TPSA) is 54.0 Å². The predicted octanol–water partition coefficient (Wildman–Crippen LogP) is 0.612. The Bertz CT molecular complexity index is 305. The molecule has 0 N–H and O–H groups in total. The Morgan fingerprint density at radius 3 is 3.12 bits per heavy atom. The second-order valence-corrected chi connectivity index (χ2v) is 4.61. The molecule has 5 nitrogen and oxygen atoms in total. The summed E-state index contributed by atoms with van der Waals surface area (Å²) in [7, 11) is 1.55. The number of ether oxygens (including phenoxy) is 4. The molecule has 16 heavy (non-hydrogen) atoms. The van der Waals surface area contributed by atoms with Gasteiger partial charge in [0.15, 0.2) is 0 Å². The Morgan fingerprint density at radius 1 is 1.44 bits per heavy atom. The monoisotopic (exact) mass is 228 g/mol. The van der Waals surface area contributed by atoms with E-state index in [-0.39, 0.29) is 30.7 Å². The molecule has 0 aromatic carbocycles. The minimum Gasteiger partial charge on any atom is -0.430 e. The van der Waals surface area contributed by atoms with Gasteiger partial charge in [0.05, 0.1) is 18.6 Å². The highest BCUT2D eigenvalue weighted by Gasteiger charge is 2.57. The molecule has 0 unspecified atom stereocenters. The number of hydrogen-bond donors (Lipinski definition) is 0. The van der Waals surface area contributed by atoms with E-state index in [9.17, 15) is 4.79 Å². The van der Waals surface area contributed by atoms with Gasteiger partial charge in [-0.15, -0.1) is 0 Å². The lowest BCUT2D eigenvalue weighted by atomic mass is 9.91. The van der Waals surface area contributed by atoms with Crippen LogP contribution in [0, 0.1) is 0 Å². The molecule has 3 saturated heterocycles. The van der Waals surface area contributed by atoms with Crippen molar-refractivity contribution in [2.24, 2.45) is 0 Å². The summed E-state index contributed by atoms with van der Waals surface area (Å²) in [5, 5.41) is 0. The van der Waals surface area contributed by atoms with Gasteiger partial charge in [-0.05, 0) is 12.8 Å². The van der Waals surface area contributed by atoms with Crippen LogP contribution in [-0.4, -0.2) is 43.8 Å². The van der Waals surface area contributed by atoms with Crippen molar-refractivity contribution >= 4 is 5.97 Å². The molecule has 3 rings (SSSR count). The van der Waals surface area contributed by atoms with Gasteiger partial charge in [0.1, 0.15) is 6.10 Å². The molecule has 3 aliphatic heterocycles. The van der Waals surface area contributed by atoms with Crippen molar-refractivity contribution in [1.29, 1.82) is 0 Å². The summed E-state index contributed by atoms with van der Waals surface area (Å²) in [4.78, 5) is 11.4. The minimum absolute atomic E-state index is 0.00384. The molecule has 5 heteroatoms. The SMILES string of the molecule is CO[C@@]12C[C@H]3OCCC[C@@H]3O[C@@H]1CC(=O)O2. The van der Waals surface area contributed by atoms with Gasteiger partial charge in [-0.2, -0.15) is 0 Å². The second kappa shape index (κ2) is 3.68. The molecule has 0 aromatic rings. The summed E-state index contributed by atoms with van der Waals surface area (Å²) in [6, 6.07) is 0. The fraction of sp³-hybridized carbons (Fsp3) is 0.909. The van der Waals surface area contributed by atoms with Gasteiger partial charge >= 0.3 is 5.97 Å². The van der Waals surface area contributed by atoms with Crippen molar-refractivity contribution in [2.75, 3.05) is 13.7 Å². The Hall–Kier alpha value is -0.650. The van der Waals surface area contributed by atoms with Crippen molar-refractivity contribution in [1.82, 2.24) is 0 Å². The van der Waals surface area contributed by atoms with Crippen LogP contribution in [-0.2, 0) is 23.7 Å². The van der Waals surface area contributed by atoms with E-state index in [1.807, 2.05) is 0 Å². The largest absolute Gasteiger partial charge is 0.430 e. The van der Waals surface area contributed by atoms with Gasteiger partial charge in [0.25, 0.3) is 0 Å². The lowest BCUT2D eigenvalue weighted by molar-refractivity contribution is -0.304. The van der Waals surface area contributed by atoms with Crippen molar-refractivity contribution in [2.45, 2.75) is 49.8 Å². The lowest BCUT2D eigenvalue weighted by Crippen LogP contribution is -2.56. The molecule has 0 aromatic heterocycles. The number of hydrogen-bond acceptors (Lipinski definition) is 5. The fourth-order valence-corrected chi connectivity index (χ4v) is 2.84. The maximum atomic E-state index is 11.4. The third kappa shape index (κ3) is 1.46. The van der Waals surface area contributed by atoms with Crippen LogP contribution in [0.4, 0.5) is 0 Å². The number of esters is 1. The molecule has 3 heterocycles. The van der Waals surface area contributed by atoms with E-state index in [2.05, 4.69) is 0 Å². The smallest absolute Gasteiger partial charge is 0.311 e. The Labute approximate surface area is 94.0 Å². The molecule has 0 aliphatic carbocycles. The van der Waals surface area contributed by atoms with Crippen LogP contribution in [0.3, 0.4) is 0 Å². The summed E-state index contributed by atoms with van der Waals surface area (Å²) in [5.41, 5.74) is 0. The van der Waals surface area contributed by atoms with Crippen molar-refractivity contribution in [3.8, 4) is 0 Å². The first-order valence-corrected chi connectivity index (χ1v) is 5.77. The van der Waals surface area contributed by atoms with Crippen LogP contribution in [0.2, 0.25) is 0 Å². The van der Waals surface area contributed by atoms with Crippen molar-refractivity contribution < 1.29 is 23.7 Å². The first kappa shape index (κ1) is 10.5. The molecule has 4 atom stereocenters. The van der Waals surface area contributed by atoms with Crippen LogP contribution in [0.1, 0.15) is 25.7 Å². The van der Waals surface area contributed by atoms with E-state index in [4.69, 9.17) is 18.9 Å². The standard InChI is InChI=1S/C11H16O5/c1-13-11-6-8-7(3-2-4-14-8)15-9(11)5-10(12)16-11/h7-9H,2-6H2,1H3/t7-,8+,9+,11+/m0/s1. The number of fused-ring (bicyclic) bond motifs is 2. The predicted molar refractivity (Wildman–Crippen MR) is 52.7 cm³/mol. The zero-order chi connectivity index (χ0) is 11.2. The zero-order valence-electron chi connectivity index (χ0n) is 9.31. The van der Waals surface area contributed by atoms with E-state index in [0.717, 1.165) is 19.4 Å². The van der Waals surface area contributed by atoms with E-state index in [0.29, 0.717) is 6.42 Å². The van der Waals surface area contributed by atoms with Crippen LogP contribution < -0.4 is 0 Å². The van der Waals surface area contributed by atoms with Gasteiger partial charge in [-0.25, -0.2) is 0 Å². The average molecular weight is 228 g/mol. The third-order valence-electron chi connectivity index (χ3n) is 3.68. The zero-order valence-corrected chi connectivity index (χ0v) is 9.31. The molecule has 0 amide bonds. The number of rotatable bonds is 1. The van der Waals surface area contributed by atoms with Gasteiger partial charge in [-0.1, -0.05) is 0 Å². The normalized spacial score (nSPS) is 47.1. The number of methoxy groups -OCH3 is 1. The second-order valence-electron chi connectivity index (χ2n) is 4.61. The summed E-state index contributed by atoms with van der Waals surface area (Å²) in [6.45, 7) is 0.753. The highest BCUT2D eigenvalue weighted by molar-refractivity contribution is 5.73.